The average Bonchev–Trinajstić information content (AvgIpc) is 2.46. The fraction of sp³-hybridized carbons (Fsp3) is 0.467. The molecule has 0 radical (unpaired) electrons. The molecule has 0 bridgehead atoms. The molecule has 22 heavy (non-hydrogen) atoms. The normalized spacial score (nSPS) is 13.7. The molecule has 0 aromatic heterocycles. The van der Waals surface area contributed by atoms with Gasteiger partial charge in [-0.15, -0.1) is 0 Å². The summed E-state index contributed by atoms with van der Waals surface area (Å²) in [4.78, 5) is 24.2. The third kappa shape index (κ3) is 3.18. The Morgan fingerprint density at radius 2 is 2.14 bits per heavy atom. The van der Waals surface area contributed by atoms with E-state index in [-0.39, 0.29) is 0 Å². The molecule has 5 nitrogen and oxygen atoms in total. The van der Waals surface area contributed by atoms with Gasteiger partial charge >= 0.3 is 5.97 Å². The lowest BCUT2D eigenvalue weighted by atomic mass is 9.97. The Hall–Kier alpha value is -2.18. The Labute approximate surface area is 126 Å². The molecular weight excluding hydrogens is 294 g/mol. The molecular formula is C15H18F2N2O3. The summed E-state index contributed by atoms with van der Waals surface area (Å²) >= 11 is 0. The van der Waals surface area contributed by atoms with Gasteiger partial charge in [-0.3, -0.25) is 9.59 Å². The van der Waals surface area contributed by atoms with Gasteiger partial charge in [-0.05, 0) is 25.3 Å². The zero-order valence-corrected chi connectivity index (χ0v) is 12.3. The van der Waals surface area contributed by atoms with Crippen LogP contribution in [0, 0.1) is 11.6 Å². The molecule has 0 fully saturated rings. The van der Waals surface area contributed by atoms with E-state index in [4.69, 9.17) is 5.11 Å². The van der Waals surface area contributed by atoms with E-state index in [1.807, 2.05) is 17.1 Å². The van der Waals surface area contributed by atoms with Crippen molar-refractivity contribution in [1.82, 2.24) is 5.32 Å². The van der Waals surface area contributed by atoms with Crippen molar-refractivity contribution in [3.8, 4) is 0 Å². The van der Waals surface area contributed by atoms with Gasteiger partial charge in [0, 0.05) is 24.3 Å². The van der Waals surface area contributed by atoms with Crippen LogP contribution in [0.4, 0.5) is 14.5 Å². The maximum Gasteiger partial charge on any atom is 0.322 e. The molecule has 120 valence electrons. The number of carbonyl (C=O) groups excluding carboxylic acids is 1. The number of carboxylic acid groups (broad SMARTS) is 1. The Morgan fingerprint density at radius 1 is 1.41 bits per heavy atom. The van der Waals surface area contributed by atoms with Crippen molar-refractivity contribution < 1.29 is 23.5 Å². The van der Waals surface area contributed by atoms with Gasteiger partial charge in [-0.2, -0.15) is 0 Å². The Kier molecular flexibility index (Phi) is 4.95. The first-order valence-electron chi connectivity index (χ1n) is 7.21. The fourth-order valence-corrected chi connectivity index (χ4v) is 2.69. The number of halogens is 2. The Bertz CT molecular complexity index is 605. The van der Waals surface area contributed by atoms with E-state index in [1.165, 1.54) is 6.07 Å². The van der Waals surface area contributed by atoms with Crippen LogP contribution >= 0.6 is 0 Å². The van der Waals surface area contributed by atoms with E-state index in [2.05, 4.69) is 0 Å². The summed E-state index contributed by atoms with van der Waals surface area (Å²) in [7, 11) is 0. The SMILES string of the molecule is CCCN1CCCc2c1cc(F)c(C(=O)NCC(=O)O)c2F. The molecule has 7 heteroatoms. The number of hydrogen-bond acceptors (Lipinski definition) is 3. The summed E-state index contributed by atoms with van der Waals surface area (Å²) in [6, 6.07) is 1.17. The van der Waals surface area contributed by atoms with Crippen LogP contribution in [-0.2, 0) is 11.2 Å². The Balaban J connectivity index is 2.38. The first-order chi connectivity index (χ1) is 10.5. The standard InChI is InChI=1S/C15H18F2N2O3/c1-2-5-19-6-3-4-9-11(19)7-10(16)13(14(9)17)15(22)18-8-12(20)21/h7H,2-6,8H2,1H3,(H,18,22)(H,20,21). The maximum atomic E-state index is 14.5. The van der Waals surface area contributed by atoms with Crippen molar-refractivity contribution in [1.29, 1.82) is 0 Å². The van der Waals surface area contributed by atoms with Gasteiger partial charge in [-0.1, -0.05) is 6.92 Å². The molecule has 0 unspecified atom stereocenters. The van der Waals surface area contributed by atoms with Gasteiger partial charge in [-0.25, -0.2) is 8.78 Å². The summed E-state index contributed by atoms with van der Waals surface area (Å²) < 4.78 is 28.7. The fourth-order valence-electron chi connectivity index (χ4n) is 2.69. The van der Waals surface area contributed by atoms with E-state index in [0.29, 0.717) is 24.2 Å². The van der Waals surface area contributed by atoms with Crippen molar-refractivity contribution in [2.75, 3.05) is 24.5 Å². The van der Waals surface area contributed by atoms with Crippen molar-refractivity contribution >= 4 is 17.6 Å². The number of nitrogens with one attached hydrogen (secondary N) is 1. The van der Waals surface area contributed by atoms with Crippen LogP contribution in [0.1, 0.15) is 35.7 Å². The molecule has 2 rings (SSSR count). The van der Waals surface area contributed by atoms with Crippen LogP contribution in [0.25, 0.3) is 0 Å². The van der Waals surface area contributed by atoms with Gasteiger partial charge in [0.15, 0.2) is 0 Å². The zero-order valence-electron chi connectivity index (χ0n) is 12.3. The van der Waals surface area contributed by atoms with Gasteiger partial charge in [0.25, 0.3) is 5.91 Å². The van der Waals surface area contributed by atoms with Gasteiger partial charge in [0.05, 0.1) is 0 Å². The zero-order chi connectivity index (χ0) is 16.3. The minimum atomic E-state index is -1.28. The second-order valence-corrected chi connectivity index (χ2v) is 5.21. The summed E-state index contributed by atoms with van der Waals surface area (Å²) in [6.45, 7) is 2.71. The van der Waals surface area contributed by atoms with E-state index >= 15 is 0 Å². The van der Waals surface area contributed by atoms with Crippen LogP contribution in [-0.4, -0.2) is 36.6 Å². The number of carbonyl (C=O) groups is 2. The van der Waals surface area contributed by atoms with Gasteiger partial charge in [0.2, 0.25) is 0 Å². The third-order valence-corrected chi connectivity index (χ3v) is 3.61. The molecule has 1 aliphatic rings. The highest BCUT2D eigenvalue weighted by Gasteiger charge is 2.27. The van der Waals surface area contributed by atoms with Gasteiger partial charge in [0.1, 0.15) is 23.7 Å². The average molecular weight is 312 g/mol. The molecule has 0 saturated heterocycles. The highest BCUT2D eigenvalue weighted by Crippen LogP contribution is 2.32. The summed E-state index contributed by atoms with van der Waals surface area (Å²) in [5, 5.41) is 10.5. The Morgan fingerprint density at radius 3 is 2.77 bits per heavy atom. The van der Waals surface area contributed by atoms with Crippen molar-refractivity contribution in [2.45, 2.75) is 26.2 Å². The highest BCUT2D eigenvalue weighted by atomic mass is 19.1. The van der Waals surface area contributed by atoms with Crippen LogP contribution < -0.4 is 10.2 Å². The lowest BCUT2D eigenvalue weighted by molar-refractivity contribution is -0.135. The van der Waals surface area contributed by atoms with E-state index in [0.717, 1.165) is 19.4 Å². The first kappa shape index (κ1) is 16.2. The van der Waals surface area contributed by atoms with E-state index in [1.54, 1.807) is 0 Å². The number of carboxylic acids is 1. The van der Waals surface area contributed by atoms with Crippen molar-refractivity contribution in [2.24, 2.45) is 0 Å². The number of fused-ring (bicyclic) bond motifs is 1. The molecule has 0 spiro atoms. The molecule has 1 aromatic carbocycles. The van der Waals surface area contributed by atoms with Gasteiger partial charge < -0.3 is 15.3 Å². The molecule has 1 heterocycles. The van der Waals surface area contributed by atoms with Crippen LogP contribution in [0.3, 0.4) is 0 Å². The minimum absolute atomic E-state index is 0.321. The monoisotopic (exact) mass is 312 g/mol. The molecule has 1 amide bonds. The van der Waals surface area contributed by atoms with Crippen LogP contribution in [0.15, 0.2) is 6.07 Å². The van der Waals surface area contributed by atoms with Crippen molar-refractivity contribution in [3.05, 3.63) is 28.8 Å². The molecule has 1 aromatic rings. The first-order valence-corrected chi connectivity index (χ1v) is 7.21. The number of amides is 1. The number of aliphatic carboxylic acids is 1. The lowest BCUT2D eigenvalue weighted by Crippen LogP contribution is -2.34. The predicted molar refractivity (Wildman–Crippen MR) is 77.2 cm³/mol. The number of nitrogens with zero attached hydrogens (tertiary/aromatic N) is 1. The number of rotatable bonds is 5. The third-order valence-electron chi connectivity index (χ3n) is 3.61. The minimum Gasteiger partial charge on any atom is -0.480 e. The van der Waals surface area contributed by atoms with E-state index in [9.17, 15) is 18.4 Å². The largest absolute Gasteiger partial charge is 0.480 e. The molecule has 1 aliphatic heterocycles. The van der Waals surface area contributed by atoms with Crippen LogP contribution in [0.5, 0.6) is 0 Å². The molecule has 0 saturated carbocycles. The summed E-state index contributed by atoms with van der Waals surface area (Å²) in [5.74, 6) is -4.19. The smallest absolute Gasteiger partial charge is 0.322 e. The predicted octanol–water partition coefficient (Wildman–Crippen LogP) is 1.94. The number of hydrogen-bond donors (Lipinski definition) is 2. The maximum absolute atomic E-state index is 14.5. The molecule has 0 aliphatic carbocycles. The summed E-state index contributed by atoms with van der Waals surface area (Å²) in [5.41, 5.74) is 0.0952. The van der Waals surface area contributed by atoms with Crippen molar-refractivity contribution in [3.63, 3.8) is 0 Å². The molecule has 2 N–H and O–H groups in total. The number of benzene rings is 1. The second-order valence-electron chi connectivity index (χ2n) is 5.21. The second kappa shape index (κ2) is 6.72. The lowest BCUT2D eigenvalue weighted by Gasteiger charge is -2.31. The topological polar surface area (TPSA) is 69.6 Å². The van der Waals surface area contributed by atoms with Crippen LogP contribution in [0.2, 0.25) is 0 Å². The molecule has 0 atom stereocenters. The number of anilines is 1. The summed E-state index contributed by atoms with van der Waals surface area (Å²) in [6.07, 6.45) is 2.01. The highest BCUT2D eigenvalue weighted by molar-refractivity contribution is 5.97. The van der Waals surface area contributed by atoms with E-state index < -0.39 is 35.6 Å². The quantitative estimate of drug-likeness (QED) is 0.872.